The molecule has 0 saturated carbocycles. The molecule has 0 N–H and O–H groups in total. The van der Waals surface area contributed by atoms with Gasteiger partial charge in [0.25, 0.3) is 0 Å². The molecule has 2 aliphatic rings. The van der Waals surface area contributed by atoms with Crippen molar-refractivity contribution in [3.63, 3.8) is 0 Å². The van der Waals surface area contributed by atoms with E-state index in [-0.39, 0.29) is 5.91 Å². The topological polar surface area (TPSA) is 23.6 Å². The number of hydrogen-bond acceptors (Lipinski definition) is 3. The molecular formula is C20H30N2OS. The number of rotatable bonds is 6. The van der Waals surface area contributed by atoms with E-state index in [1.165, 1.54) is 49.4 Å². The lowest BCUT2D eigenvalue weighted by atomic mass is 9.91. The summed E-state index contributed by atoms with van der Waals surface area (Å²) in [6, 6.07) is 11.1. The molecule has 0 aliphatic carbocycles. The fraction of sp³-hybridized carbons (Fsp3) is 0.650. The molecule has 132 valence electrons. The van der Waals surface area contributed by atoms with Crippen LogP contribution in [-0.4, -0.2) is 53.4 Å². The molecule has 3 nitrogen and oxygen atoms in total. The Labute approximate surface area is 150 Å². The molecule has 0 spiro atoms. The van der Waals surface area contributed by atoms with Crippen LogP contribution < -0.4 is 0 Å². The highest BCUT2D eigenvalue weighted by Crippen LogP contribution is 2.28. The summed E-state index contributed by atoms with van der Waals surface area (Å²) >= 11 is 2.10. The molecule has 1 aromatic carbocycles. The molecular weight excluding hydrogens is 316 g/mol. The first-order chi connectivity index (χ1) is 11.7. The monoisotopic (exact) mass is 346 g/mol. The third-order valence-electron chi connectivity index (χ3n) is 5.53. The number of benzene rings is 1. The molecule has 1 unspecified atom stereocenters. The summed E-state index contributed by atoms with van der Waals surface area (Å²) in [5.74, 6) is 3.69. The van der Waals surface area contributed by atoms with Crippen molar-refractivity contribution in [2.24, 2.45) is 5.92 Å². The lowest BCUT2D eigenvalue weighted by molar-refractivity contribution is -0.130. The SMILES string of the molecule is CN(Cc1ccccc1)C(=O)CCC1CCN(C2CCSC2)CC1. The summed E-state index contributed by atoms with van der Waals surface area (Å²) in [6.07, 6.45) is 5.68. The zero-order chi connectivity index (χ0) is 16.8. The normalized spacial score (nSPS) is 22.6. The van der Waals surface area contributed by atoms with E-state index in [0.717, 1.165) is 24.9 Å². The van der Waals surface area contributed by atoms with Crippen molar-refractivity contribution < 1.29 is 4.79 Å². The van der Waals surface area contributed by atoms with Crippen LogP contribution in [0.4, 0.5) is 0 Å². The minimum absolute atomic E-state index is 0.286. The standard InChI is InChI=1S/C20H30N2OS/c1-21(15-18-5-3-2-4-6-18)20(23)8-7-17-9-12-22(13-10-17)19-11-14-24-16-19/h2-6,17,19H,7-16H2,1H3. The van der Waals surface area contributed by atoms with Crippen molar-refractivity contribution in [2.75, 3.05) is 31.6 Å². The number of amides is 1. The van der Waals surface area contributed by atoms with Gasteiger partial charge in [-0.15, -0.1) is 0 Å². The molecule has 1 atom stereocenters. The average molecular weight is 347 g/mol. The first-order valence-electron chi connectivity index (χ1n) is 9.32. The molecule has 2 fully saturated rings. The van der Waals surface area contributed by atoms with E-state index in [9.17, 15) is 4.79 Å². The van der Waals surface area contributed by atoms with Crippen LogP contribution in [0.1, 0.15) is 37.7 Å². The largest absolute Gasteiger partial charge is 0.341 e. The predicted molar refractivity (Wildman–Crippen MR) is 102 cm³/mol. The fourth-order valence-electron chi connectivity index (χ4n) is 3.88. The minimum Gasteiger partial charge on any atom is -0.341 e. The Morgan fingerprint density at radius 2 is 1.96 bits per heavy atom. The van der Waals surface area contributed by atoms with Gasteiger partial charge in [0.15, 0.2) is 0 Å². The van der Waals surface area contributed by atoms with Gasteiger partial charge < -0.3 is 4.90 Å². The van der Waals surface area contributed by atoms with Gasteiger partial charge in [-0.1, -0.05) is 30.3 Å². The highest BCUT2D eigenvalue weighted by atomic mass is 32.2. The molecule has 2 heterocycles. The maximum absolute atomic E-state index is 12.4. The number of thioether (sulfide) groups is 1. The number of nitrogens with zero attached hydrogens (tertiary/aromatic N) is 2. The van der Waals surface area contributed by atoms with Crippen LogP contribution in [0.5, 0.6) is 0 Å². The van der Waals surface area contributed by atoms with Gasteiger partial charge in [0.2, 0.25) is 5.91 Å². The molecule has 2 aliphatic heterocycles. The molecule has 24 heavy (non-hydrogen) atoms. The number of likely N-dealkylation sites (tertiary alicyclic amines) is 1. The Hall–Kier alpha value is -1.00. The van der Waals surface area contributed by atoms with Gasteiger partial charge in [0.05, 0.1) is 0 Å². The molecule has 3 rings (SSSR count). The van der Waals surface area contributed by atoms with Crippen LogP contribution in [0, 0.1) is 5.92 Å². The smallest absolute Gasteiger partial charge is 0.222 e. The second kappa shape index (κ2) is 8.91. The zero-order valence-electron chi connectivity index (χ0n) is 14.8. The summed E-state index contributed by atoms with van der Waals surface area (Å²) < 4.78 is 0. The van der Waals surface area contributed by atoms with E-state index in [4.69, 9.17) is 0 Å². The van der Waals surface area contributed by atoms with E-state index >= 15 is 0 Å². The number of piperidine rings is 1. The van der Waals surface area contributed by atoms with Gasteiger partial charge in [-0.05, 0) is 56.0 Å². The van der Waals surface area contributed by atoms with E-state index < -0.39 is 0 Å². The summed E-state index contributed by atoms with van der Waals surface area (Å²) in [4.78, 5) is 16.9. The molecule has 0 radical (unpaired) electrons. The second-order valence-corrected chi connectivity index (χ2v) is 8.42. The van der Waals surface area contributed by atoms with Crippen LogP contribution >= 0.6 is 11.8 Å². The first kappa shape index (κ1) is 17.8. The van der Waals surface area contributed by atoms with E-state index in [1.807, 2.05) is 30.1 Å². The Morgan fingerprint density at radius 3 is 2.62 bits per heavy atom. The molecule has 0 bridgehead atoms. The summed E-state index contributed by atoms with van der Waals surface area (Å²) in [7, 11) is 1.93. The highest BCUT2D eigenvalue weighted by Gasteiger charge is 2.27. The van der Waals surface area contributed by atoms with Gasteiger partial charge in [-0.2, -0.15) is 11.8 Å². The van der Waals surface area contributed by atoms with E-state index in [2.05, 4.69) is 28.8 Å². The lowest BCUT2D eigenvalue weighted by Crippen LogP contribution is -2.41. The van der Waals surface area contributed by atoms with Gasteiger partial charge in [0, 0.05) is 31.8 Å². The summed E-state index contributed by atoms with van der Waals surface area (Å²) in [6.45, 7) is 3.20. The van der Waals surface area contributed by atoms with E-state index in [0.29, 0.717) is 6.42 Å². The van der Waals surface area contributed by atoms with Crippen LogP contribution in [0.2, 0.25) is 0 Å². The molecule has 1 aromatic rings. The lowest BCUT2D eigenvalue weighted by Gasteiger charge is -2.35. The zero-order valence-corrected chi connectivity index (χ0v) is 15.6. The highest BCUT2D eigenvalue weighted by molar-refractivity contribution is 7.99. The Kier molecular flexibility index (Phi) is 6.61. The van der Waals surface area contributed by atoms with Crippen molar-refractivity contribution in [1.29, 1.82) is 0 Å². The van der Waals surface area contributed by atoms with Gasteiger partial charge in [-0.3, -0.25) is 9.69 Å². The van der Waals surface area contributed by atoms with Gasteiger partial charge >= 0.3 is 0 Å². The number of hydrogen-bond donors (Lipinski definition) is 0. The fourth-order valence-corrected chi connectivity index (χ4v) is 5.14. The van der Waals surface area contributed by atoms with E-state index in [1.54, 1.807) is 0 Å². The molecule has 0 aromatic heterocycles. The van der Waals surface area contributed by atoms with Gasteiger partial charge in [-0.25, -0.2) is 0 Å². The minimum atomic E-state index is 0.286. The van der Waals surface area contributed by atoms with Crippen LogP contribution in [0.15, 0.2) is 30.3 Å². The van der Waals surface area contributed by atoms with Crippen molar-refractivity contribution >= 4 is 17.7 Å². The molecule has 2 saturated heterocycles. The number of carbonyl (C=O) groups excluding carboxylic acids is 1. The van der Waals surface area contributed by atoms with Crippen LogP contribution in [0.25, 0.3) is 0 Å². The molecule has 1 amide bonds. The maximum Gasteiger partial charge on any atom is 0.222 e. The second-order valence-electron chi connectivity index (χ2n) is 7.27. The van der Waals surface area contributed by atoms with Crippen molar-refractivity contribution in [2.45, 2.75) is 44.7 Å². The quantitative estimate of drug-likeness (QED) is 0.786. The Morgan fingerprint density at radius 1 is 1.21 bits per heavy atom. The summed E-state index contributed by atoms with van der Waals surface area (Å²) in [5.41, 5.74) is 1.20. The Balaban J connectivity index is 1.36. The van der Waals surface area contributed by atoms with Crippen molar-refractivity contribution in [3.05, 3.63) is 35.9 Å². The van der Waals surface area contributed by atoms with Crippen molar-refractivity contribution in [1.82, 2.24) is 9.80 Å². The van der Waals surface area contributed by atoms with Crippen LogP contribution in [-0.2, 0) is 11.3 Å². The van der Waals surface area contributed by atoms with Gasteiger partial charge in [0.1, 0.15) is 0 Å². The number of carbonyl (C=O) groups is 1. The molecule has 4 heteroatoms. The van der Waals surface area contributed by atoms with Crippen molar-refractivity contribution in [3.8, 4) is 0 Å². The summed E-state index contributed by atoms with van der Waals surface area (Å²) in [5, 5.41) is 0. The Bertz CT molecular complexity index is 508. The third kappa shape index (κ3) is 5.00. The first-order valence-corrected chi connectivity index (χ1v) is 10.5. The third-order valence-corrected chi connectivity index (χ3v) is 6.67. The van der Waals surface area contributed by atoms with Crippen LogP contribution in [0.3, 0.4) is 0 Å². The maximum atomic E-state index is 12.4. The predicted octanol–water partition coefficient (Wildman–Crippen LogP) is 3.64. The average Bonchev–Trinajstić information content (AvgIpc) is 3.15.